The second kappa shape index (κ2) is 6.21. The molecule has 1 aromatic heterocycles. The van der Waals surface area contributed by atoms with E-state index in [0.717, 1.165) is 0 Å². The summed E-state index contributed by atoms with van der Waals surface area (Å²) in [6.07, 6.45) is 0.294. The van der Waals surface area contributed by atoms with Crippen LogP contribution < -0.4 is 5.32 Å². The van der Waals surface area contributed by atoms with Crippen molar-refractivity contribution in [1.29, 1.82) is 0 Å². The van der Waals surface area contributed by atoms with Crippen LogP contribution in [-0.4, -0.2) is 18.0 Å². The van der Waals surface area contributed by atoms with Crippen LogP contribution in [0.5, 0.6) is 0 Å². The highest BCUT2D eigenvalue weighted by atomic mass is 19.1. The molecule has 0 spiro atoms. The molecule has 21 heavy (non-hydrogen) atoms. The summed E-state index contributed by atoms with van der Waals surface area (Å²) in [5, 5.41) is 2.36. The summed E-state index contributed by atoms with van der Waals surface area (Å²) in [5.74, 6) is -1.44. The Kier molecular flexibility index (Phi) is 4.37. The van der Waals surface area contributed by atoms with Gasteiger partial charge in [0.15, 0.2) is 6.10 Å². The van der Waals surface area contributed by atoms with Gasteiger partial charge in [0, 0.05) is 0 Å². The number of hydrogen-bond donors (Lipinski definition) is 1. The third-order valence-electron chi connectivity index (χ3n) is 2.86. The lowest BCUT2D eigenvalue weighted by molar-refractivity contribution is -0.123. The Hall–Kier alpha value is -2.63. The second-order valence-corrected chi connectivity index (χ2v) is 4.41. The van der Waals surface area contributed by atoms with Crippen molar-refractivity contribution in [2.24, 2.45) is 0 Å². The number of carbonyl (C=O) groups is 2. The molecular formula is C15H14FNO4. The lowest BCUT2D eigenvalue weighted by Gasteiger charge is -2.13. The number of esters is 1. The monoisotopic (exact) mass is 291 g/mol. The van der Waals surface area contributed by atoms with Crippen molar-refractivity contribution < 1.29 is 23.1 Å². The molecule has 2 aromatic rings. The minimum Gasteiger partial charge on any atom is -0.469 e. The highest BCUT2D eigenvalue weighted by Crippen LogP contribution is 2.14. The summed E-state index contributed by atoms with van der Waals surface area (Å²) in [4.78, 5) is 23.7. The highest BCUT2D eigenvalue weighted by Gasteiger charge is 2.21. The van der Waals surface area contributed by atoms with E-state index in [9.17, 15) is 14.0 Å². The van der Waals surface area contributed by atoms with Crippen LogP contribution >= 0.6 is 0 Å². The summed E-state index contributed by atoms with van der Waals surface area (Å²) in [6.45, 7) is 3.02. The van der Waals surface area contributed by atoms with Crippen molar-refractivity contribution in [2.45, 2.75) is 20.0 Å². The summed E-state index contributed by atoms with van der Waals surface area (Å²) >= 11 is 0. The van der Waals surface area contributed by atoms with Gasteiger partial charge in [-0.25, -0.2) is 9.18 Å². The number of rotatable bonds is 4. The fourth-order valence-electron chi connectivity index (χ4n) is 1.67. The molecule has 2 rings (SSSR count). The maximum absolute atomic E-state index is 13.4. The number of benzene rings is 1. The van der Waals surface area contributed by atoms with E-state index >= 15 is 0 Å². The minimum atomic E-state index is -1.06. The Morgan fingerprint density at radius 2 is 2.00 bits per heavy atom. The average molecular weight is 291 g/mol. The van der Waals surface area contributed by atoms with Gasteiger partial charge in [0.2, 0.25) is 0 Å². The smallest absolute Gasteiger partial charge is 0.342 e. The number of ether oxygens (including phenoxy) is 1. The van der Waals surface area contributed by atoms with Gasteiger partial charge in [-0.2, -0.15) is 0 Å². The number of anilines is 1. The number of amides is 1. The second-order valence-electron chi connectivity index (χ2n) is 4.41. The number of para-hydroxylation sites is 1. The van der Waals surface area contributed by atoms with Gasteiger partial charge >= 0.3 is 5.97 Å². The lowest BCUT2D eigenvalue weighted by Crippen LogP contribution is -2.30. The van der Waals surface area contributed by atoms with Crippen molar-refractivity contribution in [1.82, 2.24) is 0 Å². The molecule has 1 amide bonds. The summed E-state index contributed by atoms with van der Waals surface area (Å²) in [6, 6.07) is 7.20. The topological polar surface area (TPSA) is 68.5 Å². The first-order chi connectivity index (χ1) is 9.99. The van der Waals surface area contributed by atoms with Crippen LogP contribution in [0.4, 0.5) is 10.1 Å². The van der Waals surface area contributed by atoms with E-state index in [1.807, 2.05) is 0 Å². The first-order valence-electron chi connectivity index (χ1n) is 6.29. The average Bonchev–Trinajstić information content (AvgIpc) is 2.87. The molecule has 0 radical (unpaired) electrons. The summed E-state index contributed by atoms with van der Waals surface area (Å²) in [7, 11) is 0. The number of furan rings is 1. The third kappa shape index (κ3) is 3.47. The number of nitrogens with one attached hydrogen (secondary N) is 1. The molecule has 0 bridgehead atoms. The van der Waals surface area contributed by atoms with E-state index in [0.29, 0.717) is 5.76 Å². The Bertz CT molecular complexity index is 665. The molecule has 6 heteroatoms. The normalized spacial score (nSPS) is 11.8. The summed E-state index contributed by atoms with van der Waals surface area (Å²) in [5.41, 5.74) is 0.283. The minimum absolute atomic E-state index is 0.0323. The molecule has 0 saturated heterocycles. The molecule has 0 aliphatic heterocycles. The van der Waals surface area contributed by atoms with Crippen LogP contribution in [-0.2, 0) is 9.53 Å². The molecule has 1 atom stereocenters. The first-order valence-corrected chi connectivity index (χ1v) is 6.29. The van der Waals surface area contributed by atoms with Gasteiger partial charge in [-0.3, -0.25) is 4.79 Å². The standard InChI is InChI=1S/C15H14FNO4/c1-9-11(7-8-20-9)15(19)21-10(2)14(18)17-13-6-4-3-5-12(13)16/h3-8,10H,1-2H3,(H,17,18)/t10-/m1/s1. The van der Waals surface area contributed by atoms with Gasteiger partial charge in [-0.1, -0.05) is 12.1 Å². The Balaban J connectivity index is 1.99. The molecule has 0 aliphatic carbocycles. The van der Waals surface area contributed by atoms with E-state index in [2.05, 4.69) is 5.32 Å². The summed E-state index contributed by atoms with van der Waals surface area (Å²) < 4.78 is 23.4. The van der Waals surface area contributed by atoms with E-state index < -0.39 is 23.8 Å². The quantitative estimate of drug-likeness (QED) is 0.879. The molecule has 0 fully saturated rings. The van der Waals surface area contributed by atoms with Gasteiger partial charge in [0.25, 0.3) is 5.91 Å². The van der Waals surface area contributed by atoms with Crippen molar-refractivity contribution in [3.63, 3.8) is 0 Å². The molecule has 5 nitrogen and oxygen atoms in total. The predicted molar refractivity (Wildman–Crippen MR) is 73.4 cm³/mol. The number of carbonyl (C=O) groups excluding carboxylic acids is 2. The molecule has 0 saturated carbocycles. The first kappa shape index (κ1) is 14.8. The maximum Gasteiger partial charge on any atom is 0.342 e. The van der Waals surface area contributed by atoms with E-state index in [1.165, 1.54) is 37.5 Å². The van der Waals surface area contributed by atoms with Crippen molar-refractivity contribution in [3.8, 4) is 0 Å². The zero-order chi connectivity index (χ0) is 15.4. The van der Waals surface area contributed by atoms with E-state index in [-0.39, 0.29) is 11.3 Å². The molecule has 0 aliphatic rings. The molecule has 0 unspecified atom stereocenters. The third-order valence-corrected chi connectivity index (χ3v) is 2.86. The van der Waals surface area contributed by atoms with Crippen LogP contribution in [0.3, 0.4) is 0 Å². The Morgan fingerprint density at radius 1 is 1.29 bits per heavy atom. The molecular weight excluding hydrogens is 277 g/mol. The number of hydrogen-bond acceptors (Lipinski definition) is 4. The van der Waals surface area contributed by atoms with Crippen molar-refractivity contribution >= 4 is 17.6 Å². The van der Waals surface area contributed by atoms with Crippen LogP contribution in [0.25, 0.3) is 0 Å². The van der Waals surface area contributed by atoms with E-state index in [4.69, 9.17) is 9.15 Å². The molecule has 110 valence electrons. The lowest BCUT2D eigenvalue weighted by atomic mass is 10.2. The number of halogens is 1. The van der Waals surface area contributed by atoms with Crippen molar-refractivity contribution in [3.05, 3.63) is 53.7 Å². The largest absolute Gasteiger partial charge is 0.469 e. The maximum atomic E-state index is 13.4. The fourth-order valence-corrected chi connectivity index (χ4v) is 1.67. The van der Waals surface area contributed by atoms with Gasteiger partial charge in [-0.15, -0.1) is 0 Å². The van der Waals surface area contributed by atoms with Gasteiger partial charge in [0.1, 0.15) is 17.1 Å². The van der Waals surface area contributed by atoms with Gasteiger partial charge < -0.3 is 14.5 Å². The molecule has 1 aromatic carbocycles. The van der Waals surface area contributed by atoms with Gasteiger partial charge in [-0.05, 0) is 32.0 Å². The number of aryl methyl sites for hydroxylation is 1. The van der Waals surface area contributed by atoms with Crippen molar-refractivity contribution in [2.75, 3.05) is 5.32 Å². The van der Waals surface area contributed by atoms with Crippen LogP contribution in [0.15, 0.2) is 41.0 Å². The van der Waals surface area contributed by atoms with E-state index in [1.54, 1.807) is 13.0 Å². The predicted octanol–water partition coefficient (Wildman–Crippen LogP) is 2.91. The van der Waals surface area contributed by atoms with Crippen LogP contribution in [0.2, 0.25) is 0 Å². The molecule has 1 N–H and O–H groups in total. The zero-order valence-electron chi connectivity index (χ0n) is 11.6. The van der Waals surface area contributed by atoms with Gasteiger partial charge in [0.05, 0.1) is 12.0 Å². The molecule has 1 heterocycles. The SMILES string of the molecule is Cc1occc1C(=O)O[C@H](C)C(=O)Nc1ccccc1F. The van der Waals surface area contributed by atoms with Crippen LogP contribution in [0, 0.1) is 12.7 Å². The highest BCUT2D eigenvalue weighted by molar-refractivity contribution is 5.97. The van der Waals surface area contributed by atoms with Crippen LogP contribution in [0.1, 0.15) is 23.0 Å². The zero-order valence-corrected chi connectivity index (χ0v) is 11.6. The fraction of sp³-hybridized carbons (Fsp3) is 0.200. The Morgan fingerprint density at radius 3 is 2.62 bits per heavy atom. The Labute approximate surface area is 120 Å².